The first kappa shape index (κ1) is 18.3. The molecule has 7 heteroatoms. The lowest BCUT2D eigenvalue weighted by Gasteiger charge is -2.06. The van der Waals surface area contributed by atoms with Gasteiger partial charge in [0.1, 0.15) is 11.3 Å². The average Bonchev–Trinajstić information content (AvgIpc) is 3.13. The first-order chi connectivity index (χ1) is 13.5. The molecule has 140 valence electrons. The minimum absolute atomic E-state index is 0.233. The molecule has 1 aromatic heterocycles. The molecule has 1 heterocycles. The number of halogens is 2. The van der Waals surface area contributed by atoms with Gasteiger partial charge in [-0.15, -0.1) is 0 Å². The standard InChI is InChI=1S/C21H14Cl2N2O3/c1-27-15-6-2-12(3-7-15)20(26)24-14-5-9-19-18(11-14)25-21(28-19)16-10-13(22)4-8-17(16)23/h2-11H,1H3,(H,24,26). The zero-order chi connectivity index (χ0) is 19.7. The fourth-order valence-corrected chi connectivity index (χ4v) is 3.10. The van der Waals surface area contributed by atoms with Crippen molar-refractivity contribution in [2.24, 2.45) is 0 Å². The summed E-state index contributed by atoms with van der Waals surface area (Å²) in [6.45, 7) is 0. The summed E-state index contributed by atoms with van der Waals surface area (Å²) in [6, 6.07) is 17.2. The van der Waals surface area contributed by atoms with Gasteiger partial charge in [0, 0.05) is 16.3 Å². The Morgan fingerprint density at radius 1 is 1.04 bits per heavy atom. The van der Waals surface area contributed by atoms with Gasteiger partial charge >= 0.3 is 0 Å². The number of hydrogen-bond donors (Lipinski definition) is 1. The number of carbonyl (C=O) groups is 1. The second-order valence-corrected chi connectivity index (χ2v) is 6.85. The van der Waals surface area contributed by atoms with Gasteiger partial charge in [0.05, 0.1) is 17.7 Å². The minimum Gasteiger partial charge on any atom is -0.497 e. The van der Waals surface area contributed by atoms with Crippen molar-refractivity contribution in [3.05, 3.63) is 76.3 Å². The molecule has 0 aliphatic rings. The van der Waals surface area contributed by atoms with Crippen LogP contribution in [-0.4, -0.2) is 18.0 Å². The quantitative estimate of drug-likeness (QED) is 0.442. The fourth-order valence-electron chi connectivity index (χ4n) is 2.73. The topological polar surface area (TPSA) is 64.4 Å². The molecule has 0 radical (unpaired) electrons. The van der Waals surface area contributed by atoms with Gasteiger partial charge in [-0.1, -0.05) is 23.2 Å². The number of nitrogens with one attached hydrogen (secondary N) is 1. The summed E-state index contributed by atoms with van der Waals surface area (Å²) >= 11 is 12.3. The summed E-state index contributed by atoms with van der Waals surface area (Å²) in [5.74, 6) is 0.817. The Labute approximate surface area is 170 Å². The van der Waals surface area contributed by atoms with E-state index in [2.05, 4.69) is 10.3 Å². The molecule has 28 heavy (non-hydrogen) atoms. The second kappa shape index (κ2) is 7.54. The number of nitrogens with zero attached hydrogens (tertiary/aromatic N) is 1. The van der Waals surface area contributed by atoms with Crippen LogP contribution in [0.5, 0.6) is 5.75 Å². The van der Waals surface area contributed by atoms with Crippen molar-refractivity contribution in [3.63, 3.8) is 0 Å². The lowest BCUT2D eigenvalue weighted by atomic mass is 10.2. The molecule has 0 unspecified atom stereocenters. The van der Waals surface area contributed by atoms with E-state index < -0.39 is 0 Å². The first-order valence-corrected chi connectivity index (χ1v) is 9.10. The van der Waals surface area contributed by atoms with E-state index in [4.69, 9.17) is 32.4 Å². The Hall–Kier alpha value is -3.02. The number of ether oxygens (including phenoxy) is 1. The van der Waals surface area contributed by atoms with Crippen LogP contribution in [0.2, 0.25) is 10.0 Å². The number of oxazole rings is 1. The molecule has 0 saturated heterocycles. The number of rotatable bonds is 4. The number of methoxy groups -OCH3 is 1. The highest BCUT2D eigenvalue weighted by atomic mass is 35.5. The lowest BCUT2D eigenvalue weighted by Crippen LogP contribution is -2.11. The van der Waals surface area contributed by atoms with E-state index in [1.165, 1.54) is 0 Å². The van der Waals surface area contributed by atoms with E-state index in [1.807, 2.05) is 0 Å². The van der Waals surface area contributed by atoms with Crippen LogP contribution in [0, 0.1) is 0 Å². The van der Waals surface area contributed by atoms with Crippen LogP contribution in [0.4, 0.5) is 5.69 Å². The fraction of sp³-hybridized carbons (Fsp3) is 0.0476. The van der Waals surface area contributed by atoms with Gasteiger partial charge in [0.15, 0.2) is 5.58 Å². The predicted octanol–water partition coefficient (Wildman–Crippen LogP) is 6.06. The molecular weight excluding hydrogens is 399 g/mol. The smallest absolute Gasteiger partial charge is 0.255 e. The summed E-state index contributed by atoms with van der Waals surface area (Å²) in [4.78, 5) is 16.9. The molecule has 0 aliphatic heterocycles. The van der Waals surface area contributed by atoms with Crippen molar-refractivity contribution < 1.29 is 13.9 Å². The highest BCUT2D eigenvalue weighted by molar-refractivity contribution is 6.35. The van der Waals surface area contributed by atoms with Crippen LogP contribution >= 0.6 is 23.2 Å². The van der Waals surface area contributed by atoms with Crippen molar-refractivity contribution in [1.82, 2.24) is 4.98 Å². The van der Waals surface area contributed by atoms with Crippen molar-refractivity contribution in [1.29, 1.82) is 0 Å². The Morgan fingerprint density at radius 2 is 1.82 bits per heavy atom. The van der Waals surface area contributed by atoms with Crippen LogP contribution in [0.1, 0.15) is 10.4 Å². The molecule has 5 nitrogen and oxygen atoms in total. The number of anilines is 1. The molecular formula is C21H14Cl2N2O3. The maximum absolute atomic E-state index is 12.4. The van der Waals surface area contributed by atoms with Crippen LogP contribution in [0.25, 0.3) is 22.6 Å². The van der Waals surface area contributed by atoms with Crippen LogP contribution in [0.15, 0.2) is 65.1 Å². The SMILES string of the molecule is COc1ccc(C(=O)Nc2ccc3oc(-c4cc(Cl)ccc4Cl)nc3c2)cc1. The summed E-state index contributed by atoms with van der Waals surface area (Å²) in [5.41, 5.74) is 2.90. The monoisotopic (exact) mass is 412 g/mol. The maximum Gasteiger partial charge on any atom is 0.255 e. The average molecular weight is 413 g/mol. The summed E-state index contributed by atoms with van der Waals surface area (Å²) in [5, 5.41) is 3.87. The Kier molecular flexibility index (Phi) is 4.94. The van der Waals surface area contributed by atoms with Crippen LogP contribution in [0.3, 0.4) is 0 Å². The Morgan fingerprint density at radius 3 is 2.57 bits per heavy atom. The summed E-state index contributed by atoms with van der Waals surface area (Å²) in [7, 11) is 1.58. The van der Waals surface area contributed by atoms with Crippen molar-refractivity contribution in [2.75, 3.05) is 12.4 Å². The molecule has 0 saturated carbocycles. The van der Waals surface area contributed by atoms with Crippen molar-refractivity contribution >= 4 is 45.9 Å². The van der Waals surface area contributed by atoms with Crippen LogP contribution in [-0.2, 0) is 0 Å². The van der Waals surface area contributed by atoms with Gasteiger partial charge in [0.2, 0.25) is 5.89 Å². The zero-order valence-corrected chi connectivity index (χ0v) is 16.2. The first-order valence-electron chi connectivity index (χ1n) is 8.35. The number of aromatic nitrogens is 1. The van der Waals surface area contributed by atoms with E-state index in [1.54, 1.807) is 67.8 Å². The van der Waals surface area contributed by atoms with Gasteiger partial charge < -0.3 is 14.5 Å². The van der Waals surface area contributed by atoms with Gasteiger partial charge in [0.25, 0.3) is 5.91 Å². The van der Waals surface area contributed by atoms with Crippen molar-refractivity contribution in [2.45, 2.75) is 0 Å². The van der Waals surface area contributed by atoms with E-state index in [9.17, 15) is 4.79 Å². The Bertz CT molecular complexity index is 1170. The van der Waals surface area contributed by atoms with Gasteiger partial charge in [-0.05, 0) is 60.7 Å². The maximum atomic E-state index is 12.4. The highest BCUT2D eigenvalue weighted by Gasteiger charge is 2.14. The normalized spacial score (nSPS) is 10.8. The number of benzene rings is 3. The number of hydrogen-bond acceptors (Lipinski definition) is 4. The molecule has 4 rings (SSSR count). The Balaban J connectivity index is 1.61. The molecule has 1 amide bonds. The molecule has 3 aromatic carbocycles. The lowest BCUT2D eigenvalue weighted by molar-refractivity contribution is 0.102. The molecule has 0 atom stereocenters. The van der Waals surface area contributed by atoms with E-state index in [0.717, 1.165) is 0 Å². The third-order valence-corrected chi connectivity index (χ3v) is 4.72. The largest absolute Gasteiger partial charge is 0.497 e. The summed E-state index contributed by atoms with van der Waals surface area (Å²) in [6.07, 6.45) is 0. The van der Waals surface area contributed by atoms with Gasteiger partial charge in [-0.2, -0.15) is 0 Å². The zero-order valence-electron chi connectivity index (χ0n) is 14.7. The number of amides is 1. The van der Waals surface area contributed by atoms with Crippen molar-refractivity contribution in [3.8, 4) is 17.2 Å². The summed E-state index contributed by atoms with van der Waals surface area (Å²) < 4.78 is 10.9. The third kappa shape index (κ3) is 3.67. The molecule has 0 aliphatic carbocycles. The number of carbonyl (C=O) groups excluding carboxylic acids is 1. The second-order valence-electron chi connectivity index (χ2n) is 6.01. The number of fused-ring (bicyclic) bond motifs is 1. The van der Waals surface area contributed by atoms with Crippen LogP contribution < -0.4 is 10.1 Å². The highest BCUT2D eigenvalue weighted by Crippen LogP contribution is 2.32. The molecule has 0 fully saturated rings. The van der Waals surface area contributed by atoms with Gasteiger partial charge in [-0.3, -0.25) is 4.79 Å². The van der Waals surface area contributed by atoms with E-state index in [-0.39, 0.29) is 5.91 Å². The predicted molar refractivity (Wildman–Crippen MR) is 110 cm³/mol. The van der Waals surface area contributed by atoms with Gasteiger partial charge in [-0.25, -0.2) is 4.98 Å². The minimum atomic E-state index is -0.233. The third-order valence-electron chi connectivity index (χ3n) is 4.16. The molecule has 0 bridgehead atoms. The van der Waals surface area contributed by atoms with E-state index in [0.29, 0.717) is 49.6 Å². The molecule has 0 spiro atoms. The molecule has 1 N–H and O–H groups in total. The molecule has 4 aromatic rings. The van der Waals surface area contributed by atoms with E-state index >= 15 is 0 Å².